The third-order valence-electron chi connectivity index (χ3n) is 1.28. The van der Waals surface area contributed by atoms with Crippen molar-refractivity contribution >= 4 is 37.6 Å². The van der Waals surface area contributed by atoms with Crippen LogP contribution in [-0.2, 0) is 10.0 Å². The molecule has 6 heteroatoms. The molecule has 0 saturated heterocycles. The summed E-state index contributed by atoms with van der Waals surface area (Å²) in [4.78, 5) is 0. The molecule has 0 aliphatic rings. The van der Waals surface area contributed by atoms with Crippen LogP contribution >= 0.6 is 27.5 Å². The van der Waals surface area contributed by atoms with Gasteiger partial charge in [-0.05, 0) is 12.8 Å². The molecule has 78 valence electrons. The maximum atomic E-state index is 11.2. The van der Waals surface area contributed by atoms with Crippen LogP contribution in [0, 0.1) is 0 Å². The van der Waals surface area contributed by atoms with E-state index in [0.717, 1.165) is 6.42 Å². The van der Waals surface area contributed by atoms with Crippen LogP contribution in [0.5, 0.6) is 0 Å². The van der Waals surface area contributed by atoms with Crippen molar-refractivity contribution in [3.05, 3.63) is 11.1 Å². The van der Waals surface area contributed by atoms with Crippen molar-refractivity contribution in [2.24, 2.45) is 0 Å². The van der Waals surface area contributed by atoms with Gasteiger partial charge in [0.1, 0.15) is 0 Å². The van der Waals surface area contributed by atoms with Gasteiger partial charge >= 0.3 is 0 Å². The molecule has 0 amide bonds. The van der Waals surface area contributed by atoms with E-state index in [1.54, 1.807) is 0 Å². The molecular formula is C7H13BrClNO2S. The average Bonchev–Trinajstić information content (AvgIpc) is 2.02. The lowest BCUT2D eigenvalue weighted by atomic mass is 10.4. The molecule has 0 aliphatic carbocycles. The van der Waals surface area contributed by atoms with E-state index >= 15 is 0 Å². The van der Waals surface area contributed by atoms with E-state index < -0.39 is 10.0 Å². The second kappa shape index (κ2) is 6.81. The third kappa shape index (κ3) is 8.74. The van der Waals surface area contributed by atoms with Gasteiger partial charge < -0.3 is 0 Å². The first-order valence-electron chi connectivity index (χ1n) is 3.84. The smallest absolute Gasteiger partial charge is 0.211 e. The summed E-state index contributed by atoms with van der Waals surface area (Å²) in [5, 5.41) is 0. The maximum absolute atomic E-state index is 11.2. The van der Waals surface area contributed by atoms with Crippen molar-refractivity contribution in [2.45, 2.75) is 12.8 Å². The highest BCUT2D eigenvalue weighted by Crippen LogP contribution is 2.00. The molecule has 0 rings (SSSR count). The fraction of sp³-hybridized carbons (Fsp3) is 0.714. The highest BCUT2D eigenvalue weighted by molar-refractivity contribution is 9.11. The van der Waals surface area contributed by atoms with Crippen LogP contribution in [-0.4, -0.2) is 26.6 Å². The van der Waals surface area contributed by atoms with Gasteiger partial charge in [-0.25, -0.2) is 13.1 Å². The fourth-order valence-corrected chi connectivity index (χ4v) is 2.28. The minimum absolute atomic E-state index is 0.125. The summed E-state index contributed by atoms with van der Waals surface area (Å²) in [6.45, 7) is 3.76. The second-order valence-corrected chi connectivity index (χ2v) is 5.98. The lowest BCUT2D eigenvalue weighted by Crippen LogP contribution is -2.27. The van der Waals surface area contributed by atoms with Gasteiger partial charge in [0.15, 0.2) is 0 Å². The number of hydrogen-bond donors (Lipinski definition) is 1. The van der Waals surface area contributed by atoms with E-state index in [0.29, 0.717) is 16.8 Å². The van der Waals surface area contributed by atoms with Crippen molar-refractivity contribution in [1.82, 2.24) is 4.72 Å². The van der Waals surface area contributed by atoms with Gasteiger partial charge in [-0.2, -0.15) is 0 Å². The largest absolute Gasteiger partial charge is 0.212 e. The zero-order valence-corrected chi connectivity index (χ0v) is 10.4. The molecule has 0 aromatic carbocycles. The average molecular weight is 291 g/mol. The van der Waals surface area contributed by atoms with E-state index in [4.69, 9.17) is 11.6 Å². The van der Waals surface area contributed by atoms with E-state index in [-0.39, 0.29) is 12.3 Å². The molecule has 0 spiro atoms. The summed E-state index contributed by atoms with van der Waals surface area (Å²) in [5.74, 6) is 0.626. The molecule has 0 unspecified atom stereocenters. The molecule has 0 saturated carbocycles. The first-order chi connectivity index (χ1) is 5.98. The van der Waals surface area contributed by atoms with Crippen LogP contribution in [0.2, 0.25) is 0 Å². The number of rotatable bonds is 7. The molecule has 0 bridgehead atoms. The van der Waals surface area contributed by atoms with E-state index in [1.807, 2.05) is 0 Å². The zero-order valence-electron chi connectivity index (χ0n) is 7.22. The Labute approximate surface area is 92.7 Å². The molecule has 13 heavy (non-hydrogen) atoms. The van der Waals surface area contributed by atoms with Gasteiger partial charge in [0.25, 0.3) is 0 Å². The number of halogens is 2. The molecule has 0 aromatic heterocycles. The van der Waals surface area contributed by atoms with Gasteiger partial charge in [-0.15, -0.1) is 11.6 Å². The van der Waals surface area contributed by atoms with Gasteiger partial charge in [-0.3, -0.25) is 0 Å². The Kier molecular flexibility index (Phi) is 7.03. The van der Waals surface area contributed by atoms with Gasteiger partial charge in [0.2, 0.25) is 10.0 Å². The minimum atomic E-state index is -3.15. The van der Waals surface area contributed by atoms with Crippen molar-refractivity contribution in [1.29, 1.82) is 0 Å². The van der Waals surface area contributed by atoms with Crippen molar-refractivity contribution in [3.63, 3.8) is 0 Å². The van der Waals surface area contributed by atoms with Crippen LogP contribution in [0.4, 0.5) is 0 Å². The van der Waals surface area contributed by atoms with E-state index in [2.05, 4.69) is 27.2 Å². The quantitative estimate of drug-likeness (QED) is 0.574. The predicted molar refractivity (Wildman–Crippen MR) is 59.8 cm³/mol. The zero-order chi connectivity index (χ0) is 10.3. The number of alkyl halides is 1. The summed E-state index contributed by atoms with van der Waals surface area (Å²) in [6.07, 6.45) is 1.31. The molecule has 0 aromatic rings. The first kappa shape index (κ1) is 13.4. The summed E-state index contributed by atoms with van der Waals surface area (Å²) < 4.78 is 25.4. The molecule has 0 aliphatic heterocycles. The molecule has 0 heterocycles. The Bertz CT molecular complexity index is 253. The van der Waals surface area contributed by atoms with E-state index in [9.17, 15) is 8.42 Å². The summed E-state index contributed by atoms with van der Waals surface area (Å²) in [7, 11) is -3.15. The normalized spacial score (nSPS) is 11.5. The fourth-order valence-electron chi connectivity index (χ4n) is 0.647. The van der Waals surface area contributed by atoms with Gasteiger partial charge in [0, 0.05) is 16.9 Å². The second-order valence-electron chi connectivity index (χ2n) is 2.55. The summed E-state index contributed by atoms with van der Waals surface area (Å²) in [6, 6.07) is 0. The molecule has 0 fully saturated rings. The lowest BCUT2D eigenvalue weighted by Gasteiger charge is -2.04. The Morgan fingerprint density at radius 2 is 2.08 bits per heavy atom. The Morgan fingerprint density at radius 3 is 2.54 bits per heavy atom. The number of sulfonamides is 1. The summed E-state index contributed by atoms with van der Waals surface area (Å²) >= 11 is 8.49. The maximum Gasteiger partial charge on any atom is 0.211 e. The third-order valence-corrected chi connectivity index (χ3v) is 3.24. The Balaban J connectivity index is 3.74. The lowest BCUT2D eigenvalue weighted by molar-refractivity contribution is 0.582. The van der Waals surface area contributed by atoms with Crippen LogP contribution in [0.25, 0.3) is 0 Å². The van der Waals surface area contributed by atoms with Crippen molar-refractivity contribution in [3.8, 4) is 0 Å². The van der Waals surface area contributed by atoms with Crippen LogP contribution in [0.1, 0.15) is 12.8 Å². The van der Waals surface area contributed by atoms with Gasteiger partial charge in [0.05, 0.1) is 5.75 Å². The van der Waals surface area contributed by atoms with Crippen molar-refractivity contribution in [2.75, 3.05) is 18.2 Å². The predicted octanol–water partition coefficient (Wildman–Crippen LogP) is 1.83. The summed E-state index contributed by atoms with van der Waals surface area (Å²) in [5.41, 5.74) is 0. The number of nitrogens with one attached hydrogen (secondary N) is 1. The number of hydrogen-bond acceptors (Lipinski definition) is 2. The molecule has 1 N–H and O–H groups in total. The van der Waals surface area contributed by atoms with Crippen molar-refractivity contribution < 1.29 is 8.42 Å². The molecule has 3 nitrogen and oxygen atoms in total. The molecule has 0 radical (unpaired) electrons. The first-order valence-corrected chi connectivity index (χ1v) is 6.82. The Morgan fingerprint density at radius 1 is 1.46 bits per heavy atom. The molecular weight excluding hydrogens is 278 g/mol. The minimum Gasteiger partial charge on any atom is -0.212 e. The van der Waals surface area contributed by atoms with Crippen LogP contribution in [0.15, 0.2) is 11.1 Å². The highest BCUT2D eigenvalue weighted by Gasteiger charge is 2.08. The number of unbranched alkanes of at least 4 members (excludes halogenated alkanes) is 1. The standard InChI is InChI=1S/C7H13BrClNO2S/c1-7(8)6-10-13(11,12)5-3-2-4-9/h10H,1-6H2. The molecule has 0 atom stereocenters. The topological polar surface area (TPSA) is 46.2 Å². The van der Waals surface area contributed by atoms with Crippen LogP contribution in [0.3, 0.4) is 0 Å². The SMILES string of the molecule is C=C(Br)CNS(=O)(=O)CCCCCl. The van der Waals surface area contributed by atoms with E-state index in [1.165, 1.54) is 0 Å². The highest BCUT2D eigenvalue weighted by atomic mass is 79.9. The Hall–Kier alpha value is 0.420. The van der Waals surface area contributed by atoms with Crippen LogP contribution < -0.4 is 4.72 Å². The monoisotopic (exact) mass is 289 g/mol. The van der Waals surface area contributed by atoms with Gasteiger partial charge in [-0.1, -0.05) is 22.5 Å².